The van der Waals surface area contributed by atoms with Crippen LogP contribution in [0.25, 0.3) is 0 Å². The van der Waals surface area contributed by atoms with Crippen molar-refractivity contribution in [2.24, 2.45) is 0 Å². The molecule has 1 rings (SSSR count). The Kier molecular flexibility index (Phi) is 4.90. The summed E-state index contributed by atoms with van der Waals surface area (Å²) in [6.07, 6.45) is 2.75. The average molecular weight is 208 g/mol. The van der Waals surface area contributed by atoms with E-state index in [1.165, 1.54) is 0 Å². The highest BCUT2D eigenvalue weighted by molar-refractivity contribution is 5.43. The third-order valence-corrected chi connectivity index (χ3v) is 2.00. The summed E-state index contributed by atoms with van der Waals surface area (Å²) in [5.41, 5.74) is 6.23. The molecule has 0 spiro atoms. The van der Waals surface area contributed by atoms with Gasteiger partial charge in [0.15, 0.2) is 0 Å². The smallest absolute Gasteiger partial charge is 0.126 e. The molecule has 4 nitrogen and oxygen atoms in total. The highest BCUT2D eigenvalue weighted by atomic mass is 15.0. The van der Waals surface area contributed by atoms with E-state index in [1.54, 1.807) is 6.20 Å². The minimum absolute atomic E-state index is 0.555. The summed E-state index contributed by atoms with van der Waals surface area (Å²) in [6.45, 7) is 6.25. The van der Waals surface area contributed by atoms with Gasteiger partial charge < -0.3 is 16.4 Å². The number of anilines is 2. The second-order valence-corrected chi connectivity index (χ2v) is 3.87. The molecule has 0 atom stereocenters. The molecule has 0 saturated carbocycles. The topological polar surface area (TPSA) is 63.0 Å². The van der Waals surface area contributed by atoms with Gasteiger partial charge in [0, 0.05) is 12.6 Å². The highest BCUT2D eigenvalue weighted by Crippen LogP contribution is 2.05. The first kappa shape index (κ1) is 11.8. The fraction of sp³-hybridized carbons (Fsp3) is 0.545. The first-order valence-corrected chi connectivity index (χ1v) is 5.37. The Morgan fingerprint density at radius 3 is 2.73 bits per heavy atom. The summed E-state index contributed by atoms with van der Waals surface area (Å²) in [5, 5.41) is 6.60. The van der Waals surface area contributed by atoms with E-state index in [1.807, 2.05) is 12.1 Å². The average Bonchev–Trinajstić information content (AvgIpc) is 2.20. The van der Waals surface area contributed by atoms with Crippen LogP contribution in [0.2, 0.25) is 0 Å². The molecule has 84 valence electrons. The number of nitrogens with one attached hydrogen (secondary N) is 2. The van der Waals surface area contributed by atoms with E-state index in [-0.39, 0.29) is 0 Å². The molecular formula is C11H20N4. The van der Waals surface area contributed by atoms with E-state index < -0.39 is 0 Å². The van der Waals surface area contributed by atoms with Crippen molar-refractivity contribution in [1.29, 1.82) is 0 Å². The second-order valence-electron chi connectivity index (χ2n) is 3.87. The zero-order valence-electron chi connectivity index (χ0n) is 9.46. The normalized spacial score (nSPS) is 10.6. The molecule has 0 aromatic carbocycles. The molecule has 0 unspecified atom stereocenters. The van der Waals surface area contributed by atoms with Crippen LogP contribution >= 0.6 is 0 Å². The van der Waals surface area contributed by atoms with Gasteiger partial charge in [0.1, 0.15) is 5.82 Å². The molecule has 0 fully saturated rings. The van der Waals surface area contributed by atoms with Crippen molar-refractivity contribution in [1.82, 2.24) is 10.3 Å². The van der Waals surface area contributed by atoms with Gasteiger partial charge in [0.05, 0.1) is 11.9 Å². The third kappa shape index (κ3) is 5.22. The predicted molar refractivity (Wildman–Crippen MR) is 64.9 cm³/mol. The Morgan fingerprint density at radius 2 is 2.13 bits per heavy atom. The number of pyridine rings is 1. The molecule has 4 heteroatoms. The van der Waals surface area contributed by atoms with Crippen LogP contribution in [-0.4, -0.2) is 24.1 Å². The fourth-order valence-corrected chi connectivity index (χ4v) is 1.21. The monoisotopic (exact) mass is 208 g/mol. The fourth-order valence-electron chi connectivity index (χ4n) is 1.21. The van der Waals surface area contributed by atoms with Crippen LogP contribution in [0, 0.1) is 0 Å². The van der Waals surface area contributed by atoms with Gasteiger partial charge >= 0.3 is 0 Å². The molecule has 0 aliphatic carbocycles. The molecule has 15 heavy (non-hydrogen) atoms. The molecule has 1 aromatic heterocycles. The number of nitrogen functional groups attached to an aromatic ring is 1. The van der Waals surface area contributed by atoms with Crippen molar-refractivity contribution < 1.29 is 0 Å². The van der Waals surface area contributed by atoms with E-state index in [9.17, 15) is 0 Å². The zero-order chi connectivity index (χ0) is 11.1. The van der Waals surface area contributed by atoms with E-state index >= 15 is 0 Å². The lowest BCUT2D eigenvalue weighted by atomic mass is 10.3. The van der Waals surface area contributed by atoms with Crippen LogP contribution in [-0.2, 0) is 0 Å². The number of rotatable bonds is 6. The van der Waals surface area contributed by atoms with Crippen LogP contribution in [0.1, 0.15) is 20.3 Å². The molecule has 1 aromatic rings. The quantitative estimate of drug-likeness (QED) is 0.619. The number of nitrogens with zero attached hydrogens (tertiary/aromatic N) is 1. The van der Waals surface area contributed by atoms with Crippen LogP contribution in [0.5, 0.6) is 0 Å². The Labute approximate surface area is 91.3 Å². The van der Waals surface area contributed by atoms with Crippen LogP contribution < -0.4 is 16.4 Å². The molecule has 0 aliphatic rings. The summed E-state index contributed by atoms with van der Waals surface area (Å²) < 4.78 is 0. The first-order valence-electron chi connectivity index (χ1n) is 5.37. The van der Waals surface area contributed by atoms with Crippen LogP contribution in [0.3, 0.4) is 0 Å². The Balaban J connectivity index is 2.12. The molecule has 0 saturated heterocycles. The van der Waals surface area contributed by atoms with Gasteiger partial charge in [-0.05, 0) is 25.1 Å². The van der Waals surface area contributed by atoms with Crippen LogP contribution in [0.15, 0.2) is 18.3 Å². The minimum atomic E-state index is 0.555. The zero-order valence-corrected chi connectivity index (χ0v) is 9.46. The summed E-state index contributed by atoms with van der Waals surface area (Å²) in [4.78, 5) is 4.15. The van der Waals surface area contributed by atoms with Gasteiger partial charge in [-0.3, -0.25) is 0 Å². The highest BCUT2D eigenvalue weighted by Gasteiger charge is 1.94. The minimum Gasteiger partial charge on any atom is -0.397 e. The number of nitrogens with two attached hydrogens (primary N) is 1. The number of hydrogen-bond acceptors (Lipinski definition) is 4. The standard InChI is InChI=1S/C11H20N4/c1-9(2)13-6-3-7-14-11-5-4-10(12)8-15-11/h4-5,8-9,13H,3,6-7,12H2,1-2H3,(H,14,15). The van der Waals surface area contributed by atoms with Crippen molar-refractivity contribution in [2.75, 3.05) is 24.1 Å². The maximum absolute atomic E-state index is 5.54. The summed E-state index contributed by atoms with van der Waals surface area (Å²) in [7, 11) is 0. The van der Waals surface area contributed by atoms with Crippen molar-refractivity contribution in [3.05, 3.63) is 18.3 Å². The van der Waals surface area contributed by atoms with E-state index in [4.69, 9.17) is 5.73 Å². The van der Waals surface area contributed by atoms with Gasteiger partial charge in [-0.2, -0.15) is 0 Å². The third-order valence-electron chi connectivity index (χ3n) is 2.00. The molecule has 4 N–H and O–H groups in total. The van der Waals surface area contributed by atoms with Crippen molar-refractivity contribution in [3.63, 3.8) is 0 Å². The number of aromatic nitrogens is 1. The number of hydrogen-bond donors (Lipinski definition) is 3. The molecular weight excluding hydrogens is 188 g/mol. The second kappa shape index (κ2) is 6.24. The largest absolute Gasteiger partial charge is 0.397 e. The Bertz CT molecular complexity index is 268. The lowest BCUT2D eigenvalue weighted by molar-refractivity contribution is 0.578. The SMILES string of the molecule is CC(C)NCCCNc1ccc(N)cn1. The van der Waals surface area contributed by atoms with Gasteiger partial charge in [-0.15, -0.1) is 0 Å². The molecule has 1 heterocycles. The van der Waals surface area contributed by atoms with E-state index in [0.717, 1.165) is 25.3 Å². The van der Waals surface area contributed by atoms with Crippen molar-refractivity contribution in [2.45, 2.75) is 26.3 Å². The van der Waals surface area contributed by atoms with E-state index in [2.05, 4.69) is 29.5 Å². The lowest BCUT2D eigenvalue weighted by Gasteiger charge is -2.08. The molecule has 0 aliphatic heterocycles. The molecule has 0 amide bonds. The summed E-state index contributed by atoms with van der Waals surface area (Å²) >= 11 is 0. The maximum atomic E-state index is 5.54. The van der Waals surface area contributed by atoms with Crippen molar-refractivity contribution >= 4 is 11.5 Å². The Morgan fingerprint density at radius 1 is 1.33 bits per heavy atom. The summed E-state index contributed by atoms with van der Waals surface area (Å²) in [5.74, 6) is 0.883. The first-order chi connectivity index (χ1) is 7.18. The maximum Gasteiger partial charge on any atom is 0.126 e. The predicted octanol–water partition coefficient (Wildman–Crippen LogP) is 1.46. The molecule has 0 bridgehead atoms. The van der Waals surface area contributed by atoms with Gasteiger partial charge in [-0.25, -0.2) is 4.98 Å². The van der Waals surface area contributed by atoms with Gasteiger partial charge in [0.25, 0.3) is 0 Å². The van der Waals surface area contributed by atoms with Crippen molar-refractivity contribution in [3.8, 4) is 0 Å². The molecule has 0 radical (unpaired) electrons. The summed E-state index contributed by atoms with van der Waals surface area (Å²) in [6, 6.07) is 4.30. The van der Waals surface area contributed by atoms with Gasteiger partial charge in [0.2, 0.25) is 0 Å². The van der Waals surface area contributed by atoms with Crippen LogP contribution in [0.4, 0.5) is 11.5 Å². The Hall–Kier alpha value is -1.29. The lowest BCUT2D eigenvalue weighted by Crippen LogP contribution is -2.25. The van der Waals surface area contributed by atoms with E-state index in [0.29, 0.717) is 11.7 Å². The van der Waals surface area contributed by atoms with Gasteiger partial charge in [-0.1, -0.05) is 13.8 Å².